The highest BCUT2D eigenvalue weighted by Crippen LogP contribution is 2.23. The quantitative estimate of drug-likeness (QED) is 0.933. The number of halogens is 1. The average Bonchev–Trinajstić information content (AvgIpc) is 2.16. The molecule has 0 aromatic heterocycles. The number of hydrogen-bond acceptors (Lipinski definition) is 2. The number of aryl methyl sites for hydroxylation is 1. The third-order valence-corrected chi connectivity index (χ3v) is 5.27. The molecule has 0 saturated heterocycles. The molecule has 0 bridgehead atoms. The van der Waals surface area contributed by atoms with Crippen molar-refractivity contribution in [3.63, 3.8) is 0 Å². The minimum Gasteiger partial charge on any atom is -0.208 e. The largest absolute Gasteiger partial charge is 0.240 e. The van der Waals surface area contributed by atoms with Gasteiger partial charge in [-0.05, 0) is 43.5 Å². The fraction of sp³-hybridized carbons (Fsp3) is 0.455. The minimum atomic E-state index is -3.33. The Hall–Kier alpha value is -0.390. The van der Waals surface area contributed by atoms with Gasteiger partial charge in [0.25, 0.3) is 0 Å². The summed E-state index contributed by atoms with van der Waals surface area (Å²) in [6.45, 7) is 1.88. The first-order valence-electron chi connectivity index (χ1n) is 5.27. The number of benzene rings is 1. The summed E-state index contributed by atoms with van der Waals surface area (Å²) in [4.78, 5) is 0.347. The lowest BCUT2D eigenvalue weighted by atomic mass is 9.94. The second-order valence-electron chi connectivity index (χ2n) is 4.16. The van der Waals surface area contributed by atoms with Crippen LogP contribution in [0.4, 0.5) is 0 Å². The summed E-state index contributed by atoms with van der Waals surface area (Å²) >= 11 is 3.36. The molecule has 1 aromatic rings. The highest BCUT2D eigenvalue weighted by atomic mass is 79.9. The van der Waals surface area contributed by atoms with Gasteiger partial charge in [-0.1, -0.05) is 22.4 Å². The average molecular weight is 304 g/mol. The van der Waals surface area contributed by atoms with Crippen molar-refractivity contribution in [2.24, 2.45) is 0 Å². The summed E-state index contributed by atoms with van der Waals surface area (Å²) < 4.78 is 27.6. The van der Waals surface area contributed by atoms with Crippen molar-refractivity contribution in [1.29, 1.82) is 0 Å². The summed E-state index contributed by atoms with van der Waals surface area (Å²) in [5.74, 6) is 0. The first-order chi connectivity index (χ1) is 7.49. The monoisotopic (exact) mass is 303 g/mol. The molecule has 0 atom stereocenters. The van der Waals surface area contributed by atoms with E-state index in [0.717, 1.165) is 29.3 Å². The van der Waals surface area contributed by atoms with E-state index in [2.05, 4.69) is 20.7 Å². The van der Waals surface area contributed by atoms with Gasteiger partial charge in [0.15, 0.2) is 0 Å². The van der Waals surface area contributed by atoms with Crippen molar-refractivity contribution in [2.75, 3.05) is 0 Å². The van der Waals surface area contributed by atoms with Crippen molar-refractivity contribution < 1.29 is 8.42 Å². The molecule has 1 aromatic carbocycles. The fourth-order valence-corrected chi connectivity index (χ4v) is 3.23. The van der Waals surface area contributed by atoms with Crippen LogP contribution in [0.3, 0.4) is 0 Å². The first-order valence-corrected chi connectivity index (χ1v) is 7.55. The molecule has 1 N–H and O–H groups in total. The van der Waals surface area contributed by atoms with Crippen LogP contribution in [0.1, 0.15) is 24.8 Å². The molecule has 0 amide bonds. The number of nitrogens with one attached hydrogen (secondary N) is 1. The second kappa shape index (κ2) is 4.47. The van der Waals surface area contributed by atoms with Gasteiger partial charge in [-0.25, -0.2) is 13.1 Å². The molecule has 16 heavy (non-hydrogen) atoms. The highest BCUT2D eigenvalue weighted by Gasteiger charge is 2.24. The van der Waals surface area contributed by atoms with Crippen molar-refractivity contribution in [3.05, 3.63) is 28.2 Å². The van der Waals surface area contributed by atoms with E-state index in [0.29, 0.717) is 4.90 Å². The molecule has 0 aliphatic heterocycles. The molecule has 88 valence electrons. The zero-order chi connectivity index (χ0) is 11.8. The van der Waals surface area contributed by atoms with Crippen molar-refractivity contribution >= 4 is 26.0 Å². The third-order valence-electron chi connectivity index (χ3n) is 2.87. The lowest BCUT2D eigenvalue weighted by molar-refractivity contribution is 0.383. The maximum Gasteiger partial charge on any atom is 0.240 e. The highest BCUT2D eigenvalue weighted by molar-refractivity contribution is 9.10. The van der Waals surface area contributed by atoms with Crippen LogP contribution in [0.15, 0.2) is 27.6 Å². The normalized spacial score (nSPS) is 17.1. The molecule has 1 saturated carbocycles. The van der Waals surface area contributed by atoms with Crippen LogP contribution in [0.2, 0.25) is 0 Å². The molecular weight excluding hydrogens is 290 g/mol. The molecule has 3 nitrogen and oxygen atoms in total. The summed E-state index contributed by atoms with van der Waals surface area (Å²) in [5, 5.41) is 0. The molecule has 0 heterocycles. The Labute approximate surface area is 104 Å². The molecule has 2 rings (SSSR count). The maximum absolute atomic E-state index is 12.0. The van der Waals surface area contributed by atoms with Gasteiger partial charge in [-0.3, -0.25) is 0 Å². The van der Waals surface area contributed by atoms with Crippen LogP contribution in [0.25, 0.3) is 0 Å². The van der Waals surface area contributed by atoms with Gasteiger partial charge in [0, 0.05) is 10.5 Å². The molecule has 0 spiro atoms. The van der Waals surface area contributed by atoms with Crippen molar-refractivity contribution in [1.82, 2.24) is 4.72 Å². The molecule has 0 radical (unpaired) electrons. The van der Waals surface area contributed by atoms with Crippen LogP contribution in [0.5, 0.6) is 0 Å². The Kier molecular flexibility index (Phi) is 3.37. The number of sulfonamides is 1. The summed E-state index contributed by atoms with van der Waals surface area (Å²) in [7, 11) is -3.33. The van der Waals surface area contributed by atoms with Gasteiger partial charge in [0.2, 0.25) is 10.0 Å². The Bertz CT molecular complexity index is 495. The zero-order valence-electron chi connectivity index (χ0n) is 9.03. The van der Waals surface area contributed by atoms with Gasteiger partial charge >= 0.3 is 0 Å². The summed E-state index contributed by atoms with van der Waals surface area (Å²) in [6.07, 6.45) is 3.02. The topological polar surface area (TPSA) is 46.2 Å². The Morgan fingerprint density at radius 3 is 2.56 bits per heavy atom. The van der Waals surface area contributed by atoms with E-state index >= 15 is 0 Å². The Morgan fingerprint density at radius 1 is 1.38 bits per heavy atom. The molecule has 1 fully saturated rings. The minimum absolute atomic E-state index is 0.133. The second-order valence-corrected chi connectivity index (χ2v) is 6.73. The lowest BCUT2D eigenvalue weighted by Gasteiger charge is -2.26. The SMILES string of the molecule is Cc1cc(S(=O)(=O)NC2CCC2)ccc1Br. The number of rotatable bonds is 3. The van der Waals surface area contributed by atoms with Crippen LogP contribution >= 0.6 is 15.9 Å². The van der Waals surface area contributed by atoms with E-state index in [9.17, 15) is 8.42 Å². The third kappa shape index (κ3) is 2.47. The smallest absolute Gasteiger partial charge is 0.208 e. The van der Waals surface area contributed by atoms with Gasteiger partial charge < -0.3 is 0 Å². The van der Waals surface area contributed by atoms with Crippen LogP contribution in [0, 0.1) is 6.92 Å². The van der Waals surface area contributed by atoms with E-state index in [1.54, 1.807) is 18.2 Å². The molecule has 1 aliphatic rings. The zero-order valence-corrected chi connectivity index (χ0v) is 11.4. The van der Waals surface area contributed by atoms with Crippen LogP contribution in [-0.4, -0.2) is 14.5 Å². The Balaban J connectivity index is 2.24. The maximum atomic E-state index is 12.0. The fourth-order valence-electron chi connectivity index (χ4n) is 1.60. The van der Waals surface area contributed by atoms with Gasteiger partial charge in [-0.15, -0.1) is 0 Å². The predicted molar refractivity (Wildman–Crippen MR) is 66.8 cm³/mol. The van der Waals surface area contributed by atoms with E-state index < -0.39 is 10.0 Å². The standard InChI is InChI=1S/C11H14BrNO2S/c1-8-7-10(5-6-11(8)12)16(14,15)13-9-3-2-4-9/h5-7,9,13H,2-4H2,1H3. The van der Waals surface area contributed by atoms with E-state index in [1.165, 1.54) is 0 Å². The van der Waals surface area contributed by atoms with E-state index in [-0.39, 0.29) is 6.04 Å². The van der Waals surface area contributed by atoms with Gasteiger partial charge in [-0.2, -0.15) is 0 Å². The number of hydrogen-bond donors (Lipinski definition) is 1. The summed E-state index contributed by atoms with van der Waals surface area (Å²) in [6, 6.07) is 5.21. The van der Waals surface area contributed by atoms with Crippen molar-refractivity contribution in [2.45, 2.75) is 37.1 Å². The molecular formula is C11H14BrNO2S. The van der Waals surface area contributed by atoms with Crippen LogP contribution in [-0.2, 0) is 10.0 Å². The van der Waals surface area contributed by atoms with Gasteiger partial charge in [0.1, 0.15) is 0 Å². The van der Waals surface area contributed by atoms with Gasteiger partial charge in [0.05, 0.1) is 4.90 Å². The Morgan fingerprint density at radius 2 is 2.06 bits per heavy atom. The molecule has 1 aliphatic carbocycles. The first kappa shape index (κ1) is 12.1. The predicted octanol–water partition coefficient (Wildman–Crippen LogP) is 2.59. The van der Waals surface area contributed by atoms with E-state index in [1.807, 2.05) is 6.92 Å². The summed E-state index contributed by atoms with van der Waals surface area (Å²) in [5.41, 5.74) is 0.927. The van der Waals surface area contributed by atoms with Crippen LogP contribution < -0.4 is 4.72 Å². The molecule has 5 heteroatoms. The lowest BCUT2D eigenvalue weighted by Crippen LogP contribution is -2.39. The van der Waals surface area contributed by atoms with Crippen molar-refractivity contribution in [3.8, 4) is 0 Å². The van der Waals surface area contributed by atoms with E-state index in [4.69, 9.17) is 0 Å². The molecule has 0 unspecified atom stereocenters.